The number of rotatable bonds is 9. The van der Waals surface area contributed by atoms with Gasteiger partial charge in [-0.05, 0) is 17.7 Å². The Bertz CT molecular complexity index is 561. The lowest BCUT2D eigenvalue weighted by atomic mass is 10.0. The molecule has 1 heterocycles. The minimum absolute atomic E-state index is 0.0903. The van der Waals surface area contributed by atoms with E-state index in [1.165, 1.54) is 4.90 Å². The number of aliphatic hydroxyl groups is 1. The lowest BCUT2D eigenvalue weighted by Crippen LogP contribution is -2.52. The molecular formula is C17H25NO5Si. The first-order chi connectivity index (χ1) is 11.6. The number of hydrogen-bond donors (Lipinski definition) is 1. The lowest BCUT2D eigenvalue weighted by molar-refractivity contribution is -0.139. The van der Waals surface area contributed by atoms with Crippen molar-refractivity contribution in [3.05, 3.63) is 30.3 Å². The molecule has 0 saturated carbocycles. The molecule has 7 heteroatoms. The molecule has 0 aromatic heterocycles. The Morgan fingerprint density at radius 2 is 1.88 bits per heavy atom. The van der Waals surface area contributed by atoms with Crippen molar-refractivity contribution in [2.45, 2.75) is 25.3 Å². The van der Waals surface area contributed by atoms with Crippen molar-refractivity contribution in [3.63, 3.8) is 0 Å². The van der Waals surface area contributed by atoms with Gasteiger partial charge in [0.2, 0.25) is 11.8 Å². The van der Waals surface area contributed by atoms with Gasteiger partial charge in [0.1, 0.15) is 0 Å². The second-order valence-corrected chi connectivity index (χ2v) is 9.33. The van der Waals surface area contributed by atoms with E-state index in [1.807, 2.05) is 30.3 Å². The second-order valence-electron chi connectivity index (χ2n) is 5.93. The molecular weight excluding hydrogens is 326 g/mol. The number of hydrogen-bond acceptors (Lipinski definition) is 5. The van der Waals surface area contributed by atoms with Crippen molar-refractivity contribution >= 4 is 25.6 Å². The average molecular weight is 351 g/mol. The number of amides is 2. The second kappa shape index (κ2) is 8.52. The van der Waals surface area contributed by atoms with Crippen LogP contribution in [0.5, 0.6) is 0 Å². The Kier molecular flexibility index (Phi) is 6.67. The van der Waals surface area contributed by atoms with E-state index in [9.17, 15) is 9.59 Å². The fourth-order valence-corrected chi connectivity index (χ4v) is 5.96. The number of aliphatic hydroxyl groups excluding tert-OH is 1. The molecule has 0 bridgehead atoms. The third-order valence-corrected chi connectivity index (χ3v) is 8.14. The fourth-order valence-electron chi connectivity index (χ4n) is 3.25. The van der Waals surface area contributed by atoms with Crippen molar-refractivity contribution < 1.29 is 23.5 Å². The highest BCUT2D eigenvalue weighted by atomic mass is 28.4. The average Bonchev–Trinajstić information content (AvgIpc) is 2.88. The predicted molar refractivity (Wildman–Crippen MR) is 91.8 cm³/mol. The van der Waals surface area contributed by atoms with E-state index in [1.54, 1.807) is 14.2 Å². The van der Waals surface area contributed by atoms with Crippen LogP contribution in [0.3, 0.4) is 0 Å². The molecule has 0 aliphatic carbocycles. The zero-order valence-corrected chi connectivity index (χ0v) is 15.2. The summed E-state index contributed by atoms with van der Waals surface area (Å²) in [5.41, 5.74) is 0. The van der Waals surface area contributed by atoms with E-state index in [4.69, 9.17) is 14.0 Å². The molecule has 1 N–H and O–H groups in total. The molecule has 2 rings (SSSR count). The fraction of sp³-hybridized carbons (Fsp3) is 0.529. The third kappa shape index (κ3) is 3.92. The number of nitrogens with zero attached hydrogens (tertiary/aromatic N) is 1. The molecule has 1 aliphatic rings. The van der Waals surface area contributed by atoms with Gasteiger partial charge in [-0.15, -0.1) is 0 Å². The molecule has 0 spiro atoms. The first-order valence-electron chi connectivity index (χ1n) is 8.19. The van der Waals surface area contributed by atoms with Gasteiger partial charge in [0.05, 0.1) is 13.2 Å². The van der Waals surface area contributed by atoms with Crippen molar-refractivity contribution in [1.82, 2.24) is 4.90 Å². The molecule has 1 aromatic carbocycles. The molecule has 0 radical (unpaired) electrons. The van der Waals surface area contributed by atoms with E-state index in [0.717, 1.165) is 17.7 Å². The van der Waals surface area contributed by atoms with Gasteiger partial charge in [0.15, 0.2) is 0 Å². The maximum absolute atomic E-state index is 12.2. The summed E-state index contributed by atoms with van der Waals surface area (Å²) in [6, 6.07) is 10.6. The molecule has 1 unspecified atom stereocenters. The number of carbonyl (C=O) groups is 2. The smallest absolute Gasteiger partial charge is 0.371 e. The summed E-state index contributed by atoms with van der Waals surface area (Å²) in [6.07, 6.45) is 1.61. The zero-order valence-electron chi connectivity index (χ0n) is 14.2. The highest BCUT2D eigenvalue weighted by Gasteiger charge is 2.40. The molecule has 132 valence electrons. The van der Waals surface area contributed by atoms with Gasteiger partial charge in [0.25, 0.3) is 0 Å². The van der Waals surface area contributed by atoms with Crippen LogP contribution in [0.4, 0.5) is 0 Å². The number of imide groups is 1. The molecule has 1 atom stereocenters. The van der Waals surface area contributed by atoms with E-state index in [2.05, 4.69) is 0 Å². The van der Waals surface area contributed by atoms with Gasteiger partial charge < -0.3 is 14.0 Å². The van der Waals surface area contributed by atoms with Crippen LogP contribution < -0.4 is 5.19 Å². The van der Waals surface area contributed by atoms with E-state index in [0.29, 0.717) is 6.42 Å². The maximum Gasteiger partial charge on any atom is 0.371 e. The minimum Gasteiger partial charge on any atom is -0.395 e. The van der Waals surface area contributed by atoms with Gasteiger partial charge in [-0.2, -0.15) is 0 Å². The summed E-state index contributed by atoms with van der Waals surface area (Å²) in [7, 11) is 0.813. The zero-order chi connectivity index (χ0) is 17.6. The maximum atomic E-state index is 12.2. The lowest BCUT2D eigenvalue weighted by Gasteiger charge is -2.28. The Hall–Kier alpha value is -1.54. The van der Waals surface area contributed by atoms with Crippen LogP contribution >= 0.6 is 0 Å². The standard InChI is InChI=1S/C17H25NO5Si/c1-22-24(23-2,15-8-4-3-5-9-15)12-6-7-14-13-16(20)18(10-11-19)17(14)21/h3-5,8-9,14,19H,6-7,10-13H2,1-2H3. The quantitative estimate of drug-likeness (QED) is 0.525. The largest absolute Gasteiger partial charge is 0.395 e. The summed E-state index contributed by atoms with van der Waals surface area (Å²) in [5, 5.41) is 10.0. The van der Waals surface area contributed by atoms with Crippen molar-refractivity contribution in [1.29, 1.82) is 0 Å². The molecule has 24 heavy (non-hydrogen) atoms. The molecule has 1 aliphatic heterocycles. The predicted octanol–water partition coefficient (Wildman–Crippen LogP) is 0.776. The third-order valence-electron chi connectivity index (χ3n) is 4.59. The number of carbonyl (C=O) groups excluding carboxylic acids is 2. The Balaban J connectivity index is 1.97. The Labute approximate surface area is 143 Å². The van der Waals surface area contributed by atoms with Crippen LogP contribution in [0, 0.1) is 5.92 Å². The van der Waals surface area contributed by atoms with Gasteiger partial charge in [-0.1, -0.05) is 36.8 Å². The molecule has 1 saturated heterocycles. The SMILES string of the molecule is CO[Si](CCCC1CC(=O)N(CCO)C1=O)(OC)c1ccccc1. The molecule has 6 nitrogen and oxygen atoms in total. The van der Waals surface area contributed by atoms with E-state index >= 15 is 0 Å². The molecule has 1 aromatic rings. The summed E-state index contributed by atoms with van der Waals surface area (Å²) in [4.78, 5) is 25.2. The van der Waals surface area contributed by atoms with Crippen molar-refractivity contribution in [2.75, 3.05) is 27.4 Å². The Morgan fingerprint density at radius 3 is 2.46 bits per heavy atom. The Morgan fingerprint density at radius 1 is 1.21 bits per heavy atom. The van der Waals surface area contributed by atoms with Crippen LogP contribution in [0.25, 0.3) is 0 Å². The van der Waals surface area contributed by atoms with Crippen molar-refractivity contribution in [3.8, 4) is 0 Å². The van der Waals surface area contributed by atoms with Crippen molar-refractivity contribution in [2.24, 2.45) is 5.92 Å². The number of likely N-dealkylation sites (tertiary alicyclic amines) is 1. The highest BCUT2D eigenvalue weighted by Crippen LogP contribution is 2.26. The van der Waals surface area contributed by atoms with Gasteiger partial charge in [-0.3, -0.25) is 14.5 Å². The van der Waals surface area contributed by atoms with Crippen LogP contribution in [0.15, 0.2) is 30.3 Å². The monoisotopic (exact) mass is 351 g/mol. The van der Waals surface area contributed by atoms with Crippen LogP contribution in [-0.2, 0) is 18.4 Å². The minimum atomic E-state index is -2.51. The van der Waals surface area contributed by atoms with Gasteiger partial charge in [-0.25, -0.2) is 0 Å². The number of benzene rings is 1. The molecule has 2 amide bonds. The normalized spacial score (nSPS) is 18.5. The summed E-state index contributed by atoms with van der Waals surface area (Å²) in [6.45, 7) is -0.103. The first-order valence-corrected chi connectivity index (χ1v) is 10.2. The number of β-amino-alcohol motifs (C(OH)–C–C–N with tert-alkyl or cyclic N) is 1. The van der Waals surface area contributed by atoms with E-state index < -0.39 is 8.56 Å². The van der Waals surface area contributed by atoms with Crippen LogP contribution in [0.2, 0.25) is 6.04 Å². The van der Waals surface area contributed by atoms with E-state index in [-0.39, 0.29) is 37.3 Å². The summed E-state index contributed by atoms with van der Waals surface area (Å²) >= 11 is 0. The highest BCUT2D eigenvalue weighted by molar-refractivity contribution is 6.81. The van der Waals surface area contributed by atoms with Gasteiger partial charge >= 0.3 is 8.56 Å². The van der Waals surface area contributed by atoms with Gasteiger partial charge in [0, 0.05) is 26.6 Å². The summed E-state index contributed by atoms with van der Waals surface area (Å²) < 4.78 is 11.5. The summed E-state index contributed by atoms with van der Waals surface area (Å²) in [5.74, 6) is -0.653. The topological polar surface area (TPSA) is 76.1 Å². The van der Waals surface area contributed by atoms with Crippen LogP contribution in [0.1, 0.15) is 19.3 Å². The first kappa shape index (κ1) is 18.8. The van der Waals surface area contributed by atoms with Crippen LogP contribution in [-0.4, -0.2) is 57.8 Å². The molecule has 1 fully saturated rings.